The van der Waals surface area contributed by atoms with Gasteiger partial charge in [-0.3, -0.25) is 4.74 Å². The van der Waals surface area contributed by atoms with E-state index in [1.165, 1.54) is 13.8 Å². The number of hydrogen-bond donors (Lipinski definition) is 0. The second kappa shape index (κ2) is 7.77. The van der Waals surface area contributed by atoms with Crippen molar-refractivity contribution < 1.29 is 39.9 Å². The van der Waals surface area contributed by atoms with Crippen LogP contribution in [0.5, 0.6) is 0 Å². The van der Waals surface area contributed by atoms with Crippen molar-refractivity contribution in [3.63, 3.8) is 0 Å². The third-order valence-corrected chi connectivity index (χ3v) is 2.45. The lowest BCUT2D eigenvalue weighted by molar-refractivity contribution is -0.261. The molecular weight excluding hydrogens is 312 g/mol. The maximum Gasteiger partial charge on any atom is 0.307 e. The first-order chi connectivity index (χ1) is 9.54. The Hall–Kier alpha value is -1.12. The molecule has 0 aliphatic rings. The van der Waals surface area contributed by atoms with Crippen LogP contribution < -0.4 is 0 Å². The summed E-state index contributed by atoms with van der Waals surface area (Å²) in [6.07, 6.45) is -9.07. The molecule has 0 N–H and O–H groups in total. The van der Waals surface area contributed by atoms with Gasteiger partial charge in [-0.15, -0.1) is 0 Å². The molecule has 0 rings (SSSR count). The van der Waals surface area contributed by atoms with Crippen LogP contribution in [-0.2, 0) is 4.74 Å². The van der Waals surface area contributed by atoms with Crippen molar-refractivity contribution in [3.8, 4) is 0 Å². The van der Waals surface area contributed by atoms with Gasteiger partial charge in [0.2, 0.25) is 11.7 Å². The molecule has 0 saturated heterocycles. The van der Waals surface area contributed by atoms with Crippen LogP contribution in [0.15, 0.2) is 23.8 Å². The molecule has 0 bridgehead atoms. The number of rotatable bonds is 8. The molecule has 2 unspecified atom stereocenters. The van der Waals surface area contributed by atoms with E-state index in [4.69, 9.17) is 0 Å². The monoisotopic (exact) mass is 326 g/mol. The van der Waals surface area contributed by atoms with E-state index in [2.05, 4.69) is 4.74 Å². The second-order valence-corrected chi connectivity index (χ2v) is 4.21. The Morgan fingerprint density at radius 3 is 1.19 bits per heavy atom. The molecule has 0 spiro atoms. The van der Waals surface area contributed by atoms with E-state index in [0.29, 0.717) is 0 Å². The van der Waals surface area contributed by atoms with E-state index in [0.717, 1.165) is 0 Å². The molecule has 0 aromatic rings. The molecule has 0 radical (unpaired) electrons. The summed E-state index contributed by atoms with van der Waals surface area (Å²) in [5.41, 5.74) is 0. The largest absolute Gasteiger partial charge is 0.307 e. The predicted molar refractivity (Wildman–Crippen MR) is 59.3 cm³/mol. The lowest BCUT2D eigenvalue weighted by Gasteiger charge is -2.32. The van der Waals surface area contributed by atoms with Crippen LogP contribution in [0.2, 0.25) is 0 Å². The lowest BCUT2D eigenvalue weighted by atomic mass is 10.1. The second-order valence-electron chi connectivity index (χ2n) is 4.21. The van der Waals surface area contributed by atoms with E-state index < -0.39 is 48.4 Å². The third kappa shape index (κ3) is 4.98. The Morgan fingerprint density at radius 1 is 0.714 bits per heavy atom. The topological polar surface area (TPSA) is 9.23 Å². The molecule has 0 aliphatic heterocycles. The number of ether oxygens (including phenoxy) is 1. The fourth-order valence-corrected chi connectivity index (χ4v) is 1.59. The quantitative estimate of drug-likeness (QED) is 0.490. The van der Waals surface area contributed by atoms with Crippen molar-refractivity contribution in [2.45, 2.75) is 51.2 Å². The van der Waals surface area contributed by atoms with Gasteiger partial charge in [-0.1, -0.05) is 26.7 Å². The minimum atomic E-state index is -4.04. The average Bonchev–Trinajstić information content (AvgIpc) is 2.36. The fraction of sp³-hybridized carbons (Fsp3) is 0.667. The van der Waals surface area contributed by atoms with Crippen LogP contribution >= 0.6 is 0 Å². The number of halogens is 8. The summed E-state index contributed by atoms with van der Waals surface area (Å²) in [5, 5.41) is 0. The molecule has 0 amide bonds. The standard InChI is InChI=1S/C12H14F8O/c1-3-5-11(19,7(13)9(15)16)21-12(20,6-4-2)8(14)10(17)18/h3-6H2,1-2H3. The Labute approximate surface area is 116 Å². The summed E-state index contributed by atoms with van der Waals surface area (Å²) in [4.78, 5) is 0. The van der Waals surface area contributed by atoms with Crippen LogP contribution in [0, 0.1) is 0 Å². The van der Waals surface area contributed by atoms with E-state index >= 15 is 0 Å². The van der Waals surface area contributed by atoms with Gasteiger partial charge in [0.1, 0.15) is 0 Å². The number of alkyl halides is 2. The Morgan fingerprint density at radius 2 is 1.00 bits per heavy atom. The third-order valence-electron chi connectivity index (χ3n) is 2.45. The molecule has 21 heavy (non-hydrogen) atoms. The van der Waals surface area contributed by atoms with Crippen molar-refractivity contribution in [3.05, 3.63) is 23.8 Å². The summed E-state index contributed by atoms with van der Waals surface area (Å²) < 4.78 is 107. The minimum absolute atomic E-state index is 0.289. The first-order valence-electron chi connectivity index (χ1n) is 6.04. The summed E-state index contributed by atoms with van der Waals surface area (Å²) in [6.45, 7) is 2.45. The molecule has 0 heterocycles. The molecule has 2 atom stereocenters. The van der Waals surface area contributed by atoms with E-state index in [1.807, 2.05) is 0 Å². The molecule has 0 saturated carbocycles. The Bertz CT molecular complexity index is 375. The molecule has 0 fully saturated rings. The fourth-order valence-electron chi connectivity index (χ4n) is 1.59. The zero-order chi connectivity index (χ0) is 16.8. The normalized spacial score (nSPS) is 16.9. The molecule has 0 aromatic carbocycles. The van der Waals surface area contributed by atoms with Crippen LogP contribution in [0.4, 0.5) is 35.1 Å². The van der Waals surface area contributed by atoms with Gasteiger partial charge in [-0.25, -0.2) is 8.78 Å². The highest BCUT2D eigenvalue weighted by molar-refractivity contribution is 5.11. The van der Waals surface area contributed by atoms with Gasteiger partial charge in [0.25, 0.3) is 11.7 Å². The van der Waals surface area contributed by atoms with Gasteiger partial charge >= 0.3 is 12.2 Å². The van der Waals surface area contributed by atoms with Gasteiger partial charge in [-0.05, 0) is 0 Å². The summed E-state index contributed by atoms with van der Waals surface area (Å²) >= 11 is 0. The van der Waals surface area contributed by atoms with Crippen molar-refractivity contribution in [2.24, 2.45) is 0 Å². The van der Waals surface area contributed by atoms with Crippen molar-refractivity contribution in [2.75, 3.05) is 0 Å². The molecule has 1 nitrogen and oxygen atoms in total. The van der Waals surface area contributed by atoms with E-state index in [1.54, 1.807) is 0 Å². The van der Waals surface area contributed by atoms with Gasteiger partial charge < -0.3 is 0 Å². The number of hydrogen-bond acceptors (Lipinski definition) is 1. The first kappa shape index (κ1) is 19.9. The van der Waals surface area contributed by atoms with Gasteiger partial charge in [0, 0.05) is 12.8 Å². The molecular formula is C12H14F8O. The summed E-state index contributed by atoms with van der Waals surface area (Å²) in [7, 11) is 0. The Kier molecular flexibility index (Phi) is 7.35. The molecule has 9 heteroatoms. The highest BCUT2D eigenvalue weighted by Gasteiger charge is 2.51. The zero-order valence-electron chi connectivity index (χ0n) is 11.3. The van der Waals surface area contributed by atoms with Crippen LogP contribution in [0.1, 0.15) is 39.5 Å². The highest BCUT2D eigenvalue weighted by Crippen LogP contribution is 2.43. The van der Waals surface area contributed by atoms with Gasteiger partial charge in [-0.2, -0.15) is 26.3 Å². The zero-order valence-corrected chi connectivity index (χ0v) is 11.3. The van der Waals surface area contributed by atoms with Gasteiger partial charge in [0.15, 0.2) is 0 Å². The van der Waals surface area contributed by atoms with Crippen molar-refractivity contribution >= 4 is 0 Å². The first-order valence-corrected chi connectivity index (χ1v) is 6.04. The van der Waals surface area contributed by atoms with E-state index in [-0.39, 0.29) is 12.8 Å². The Balaban J connectivity index is 5.76. The van der Waals surface area contributed by atoms with Crippen LogP contribution in [0.3, 0.4) is 0 Å². The van der Waals surface area contributed by atoms with E-state index in [9.17, 15) is 35.1 Å². The predicted octanol–water partition coefficient (Wildman–Crippen LogP) is 6.09. The maximum absolute atomic E-state index is 14.1. The lowest BCUT2D eigenvalue weighted by Crippen LogP contribution is -2.41. The summed E-state index contributed by atoms with van der Waals surface area (Å²) in [6, 6.07) is 0. The van der Waals surface area contributed by atoms with Crippen molar-refractivity contribution in [1.82, 2.24) is 0 Å². The van der Waals surface area contributed by atoms with Gasteiger partial charge in [0.05, 0.1) is 0 Å². The smallest absolute Gasteiger partial charge is 0.296 e. The molecule has 124 valence electrons. The molecule has 0 aliphatic carbocycles. The minimum Gasteiger partial charge on any atom is -0.296 e. The highest BCUT2D eigenvalue weighted by atomic mass is 19.3. The summed E-state index contributed by atoms with van der Waals surface area (Å²) in [5.74, 6) is -13.6. The SMILES string of the molecule is CCCC(F)(OC(F)(CCC)C(F)=C(F)F)C(F)=C(F)F. The van der Waals surface area contributed by atoms with Crippen LogP contribution in [-0.4, -0.2) is 11.7 Å². The maximum atomic E-state index is 14.1. The van der Waals surface area contributed by atoms with Crippen molar-refractivity contribution in [1.29, 1.82) is 0 Å². The van der Waals surface area contributed by atoms with Crippen LogP contribution in [0.25, 0.3) is 0 Å². The average molecular weight is 326 g/mol. The molecule has 0 aromatic heterocycles.